The first-order valence-corrected chi connectivity index (χ1v) is 9.20. The normalized spacial score (nSPS) is 11.2. The molecule has 4 nitrogen and oxygen atoms in total. The molecule has 0 atom stereocenters. The summed E-state index contributed by atoms with van der Waals surface area (Å²) < 4.78 is 1.90. The van der Waals surface area contributed by atoms with Crippen LogP contribution in [0.1, 0.15) is 16.7 Å². The summed E-state index contributed by atoms with van der Waals surface area (Å²) in [4.78, 5) is 17.4. The molecule has 0 saturated heterocycles. The minimum Gasteiger partial charge on any atom is -0.306 e. The average Bonchev–Trinajstić information content (AvgIpc) is 3.05. The molecule has 0 fully saturated rings. The van der Waals surface area contributed by atoms with Gasteiger partial charge in [-0.25, -0.2) is 4.98 Å². The number of hydrogen-bond acceptors (Lipinski definition) is 2. The summed E-state index contributed by atoms with van der Waals surface area (Å²) in [6.45, 7) is 4.13. The monoisotopic (exact) mass is 367 g/mol. The number of rotatable bonds is 4. The van der Waals surface area contributed by atoms with E-state index in [-0.39, 0.29) is 5.91 Å². The smallest absolute Gasteiger partial charge is 0.249 e. The summed E-state index contributed by atoms with van der Waals surface area (Å²) in [5.41, 5.74) is 5.84. The number of nitrogens with zero attached hydrogens (tertiary/aromatic N) is 2. The fourth-order valence-corrected chi connectivity index (χ4v) is 3.32. The van der Waals surface area contributed by atoms with E-state index >= 15 is 0 Å². The number of aryl methyl sites for hydroxylation is 2. The van der Waals surface area contributed by atoms with E-state index in [1.54, 1.807) is 12.2 Å². The second kappa shape index (κ2) is 7.53. The van der Waals surface area contributed by atoms with Crippen molar-refractivity contribution in [2.45, 2.75) is 13.8 Å². The van der Waals surface area contributed by atoms with Gasteiger partial charge < -0.3 is 5.32 Å². The van der Waals surface area contributed by atoms with Crippen molar-refractivity contribution in [3.63, 3.8) is 0 Å². The molecule has 2 aromatic carbocycles. The standard InChI is InChI=1S/C24H21N3O/c1-17-14-18(2)16-20(15-17)23-24(27-13-7-6-10-21(27)25-23)26-22(28)12-11-19-8-4-3-5-9-19/h3-16H,1-2H3,(H,26,28)/b12-11+. The Hall–Kier alpha value is -3.66. The highest BCUT2D eigenvalue weighted by atomic mass is 16.1. The lowest BCUT2D eigenvalue weighted by atomic mass is 10.1. The van der Waals surface area contributed by atoms with Gasteiger partial charge in [-0.1, -0.05) is 53.6 Å². The van der Waals surface area contributed by atoms with Crippen molar-refractivity contribution < 1.29 is 4.79 Å². The Morgan fingerprint density at radius 2 is 1.68 bits per heavy atom. The van der Waals surface area contributed by atoms with Crippen molar-refractivity contribution in [2.75, 3.05) is 5.32 Å². The molecule has 4 heteroatoms. The van der Waals surface area contributed by atoms with E-state index in [9.17, 15) is 4.79 Å². The van der Waals surface area contributed by atoms with Crippen molar-refractivity contribution in [3.05, 3.63) is 95.7 Å². The summed E-state index contributed by atoms with van der Waals surface area (Å²) in [6.07, 6.45) is 5.25. The first-order valence-electron chi connectivity index (χ1n) is 9.20. The van der Waals surface area contributed by atoms with Gasteiger partial charge in [-0.05, 0) is 49.8 Å². The van der Waals surface area contributed by atoms with Gasteiger partial charge in [-0.2, -0.15) is 0 Å². The maximum atomic E-state index is 12.6. The molecule has 0 saturated carbocycles. The molecule has 0 radical (unpaired) electrons. The van der Waals surface area contributed by atoms with Gasteiger partial charge in [-0.3, -0.25) is 9.20 Å². The lowest BCUT2D eigenvalue weighted by Gasteiger charge is -2.07. The number of pyridine rings is 1. The molecular weight excluding hydrogens is 346 g/mol. The molecule has 0 aliphatic carbocycles. The van der Waals surface area contributed by atoms with E-state index in [0.717, 1.165) is 33.6 Å². The molecule has 138 valence electrons. The predicted octanol–water partition coefficient (Wildman–Crippen LogP) is 5.27. The van der Waals surface area contributed by atoms with Crippen LogP contribution in [0.25, 0.3) is 23.0 Å². The Bertz CT molecular complexity index is 1150. The van der Waals surface area contributed by atoms with E-state index < -0.39 is 0 Å². The number of anilines is 1. The lowest BCUT2D eigenvalue weighted by Crippen LogP contribution is -2.10. The van der Waals surface area contributed by atoms with Crippen LogP contribution in [0.5, 0.6) is 0 Å². The number of fused-ring (bicyclic) bond motifs is 1. The van der Waals surface area contributed by atoms with Crippen LogP contribution < -0.4 is 5.32 Å². The van der Waals surface area contributed by atoms with Gasteiger partial charge in [-0.15, -0.1) is 0 Å². The average molecular weight is 367 g/mol. The maximum Gasteiger partial charge on any atom is 0.249 e. The number of nitrogens with one attached hydrogen (secondary N) is 1. The van der Waals surface area contributed by atoms with Crippen LogP contribution >= 0.6 is 0 Å². The van der Waals surface area contributed by atoms with E-state index in [4.69, 9.17) is 4.98 Å². The highest BCUT2D eigenvalue weighted by molar-refractivity contribution is 6.03. The van der Waals surface area contributed by atoms with Crippen molar-refractivity contribution >= 4 is 23.4 Å². The number of carbonyl (C=O) groups is 1. The molecule has 4 rings (SSSR count). The Balaban J connectivity index is 1.73. The van der Waals surface area contributed by atoms with E-state index in [0.29, 0.717) is 5.82 Å². The highest BCUT2D eigenvalue weighted by Crippen LogP contribution is 2.30. The van der Waals surface area contributed by atoms with Crippen LogP contribution in [0, 0.1) is 13.8 Å². The Morgan fingerprint density at radius 3 is 2.43 bits per heavy atom. The fourth-order valence-electron chi connectivity index (χ4n) is 3.32. The number of hydrogen-bond donors (Lipinski definition) is 1. The molecule has 0 aliphatic rings. The van der Waals surface area contributed by atoms with Crippen LogP contribution in [0.2, 0.25) is 0 Å². The van der Waals surface area contributed by atoms with Crippen molar-refractivity contribution in [3.8, 4) is 11.3 Å². The molecule has 1 N–H and O–H groups in total. The number of amides is 1. The SMILES string of the molecule is Cc1cc(C)cc(-c2nc3ccccn3c2NC(=O)/C=C/c2ccccc2)c1. The number of aromatic nitrogens is 2. The molecule has 4 aromatic rings. The minimum atomic E-state index is -0.194. The van der Waals surface area contributed by atoms with Crippen molar-refractivity contribution in [1.82, 2.24) is 9.38 Å². The van der Waals surface area contributed by atoms with Crippen LogP contribution in [-0.4, -0.2) is 15.3 Å². The fraction of sp³-hybridized carbons (Fsp3) is 0.0833. The Labute approximate surface area is 164 Å². The quantitative estimate of drug-likeness (QED) is 0.500. The van der Waals surface area contributed by atoms with Crippen LogP contribution in [0.15, 0.2) is 79.0 Å². The first kappa shape index (κ1) is 17.7. The van der Waals surface area contributed by atoms with E-state index in [1.165, 1.54) is 0 Å². The summed E-state index contributed by atoms with van der Waals surface area (Å²) >= 11 is 0. The van der Waals surface area contributed by atoms with Gasteiger partial charge in [0.15, 0.2) is 0 Å². The molecule has 1 amide bonds. The van der Waals surface area contributed by atoms with E-state index in [1.807, 2.05) is 59.1 Å². The summed E-state index contributed by atoms with van der Waals surface area (Å²) in [5.74, 6) is 0.475. The van der Waals surface area contributed by atoms with Gasteiger partial charge in [0.1, 0.15) is 17.2 Å². The maximum absolute atomic E-state index is 12.6. The molecule has 0 unspecified atom stereocenters. The molecule has 0 aliphatic heterocycles. The van der Waals surface area contributed by atoms with Crippen LogP contribution in [-0.2, 0) is 4.79 Å². The molecule has 0 spiro atoms. The van der Waals surface area contributed by atoms with Gasteiger partial charge in [0.05, 0.1) is 0 Å². The second-order valence-corrected chi connectivity index (χ2v) is 6.85. The second-order valence-electron chi connectivity index (χ2n) is 6.85. The molecule has 2 aromatic heterocycles. The minimum absolute atomic E-state index is 0.194. The number of carbonyl (C=O) groups excluding carboxylic acids is 1. The third kappa shape index (κ3) is 3.71. The molecule has 2 heterocycles. The third-order valence-corrected chi connectivity index (χ3v) is 4.49. The highest BCUT2D eigenvalue weighted by Gasteiger charge is 2.16. The van der Waals surface area contributed by atoms with Crippen molar-refractivity contribution in [1.29, 1.82) is 0 Å². The van der Waals surface area contributed by atoms with Crippen LogP contribution in [0.4, 0.5) is 5.82 Å². The van der Waals surface area contributed by atoms with Crippen molar-refractivity contribution in [2.24, 2.45) is 0 Å². The zero-order chi connectivity index (χ0) is 19.5. The largest absolute Gasteiger partial charge is 0.306 e. The summed E-state index contributed by atoms with van der Waals surface area (Å²) in [7, 11) is 0. The zero-order valence-corrected chi connectivity index (χ0v) is 15.9. The zero-order valence-electron chi connectivity index (χ0n) is 15.9. The number of benzene rings is 2. The van der Waals surface area contributed by atoms with E-state index in [2.05, 4.69) is 37.4 Å². The van der Waals surface area contributed by atoms with Gasteiger partial charge in [0, 0.05) is 17.8 Å². The molecule has 28 heavy (non-hydrogen) atoms. The van der Waals surface area contributed by atoms with Crippen LogP contribution in [0.3, 0.4) is 0 Å². The summed E-state index contributed by atoms with van der Waals surface area (Å²) in [5, 5.41) is 3.02. The third-order valence-electron chi connectivity index (χ3n) is 4.49. The Kier molecular flexibility index (Phi) is 4.77. The topological polar surface area (TPSA) is 46.4 Å². The lowest BCUT2D eigenvalue weighted by molar-refractivity contribution is -0.111. The predicted molar refractivity (Wildman–Crippen MR) is 114 cm³/mol. The Morgan fingerprint density at radius 1 is 0.964 bits per heavy atom. The van der Waals surface area contributed by atoms with Gasteiger partial charge in [0.2, 0.25) is 5.91 Å². The van der Waals surface area contributed by atoms with Gasteiger partial charge in [0.25, 0.3) is 0 Å². The first-order chi connectivity index (χ1) is 13.6. The number of imidazole rings is 1. The molecule has 0 bridgehead atoms. The molecular formula is C24H21N3O. The van der Waals surface area contributed by atoms with Gasteiger partial charge >= 0.3 is 0 Å². The summed E-state index contributed by atoms with van der Waals surface area (Å²) in [6, 6.07) is 21.9.